The molecule has 0 amide bonds. The van der Waals surface area contributed by atoms with Gasteiger partial charge in [0.1, 0.15) is 5.75 Å². The van der Waals surface area contributed by atoms with E-state index in [0.29, 0.717) is 17.6 Å². The van der Waals surface area contributed by atoms with Gasteiger partial charge in [0.25, 0.3) is 0 Å². The van der Waals surface area contributed by atoms with Gasteiger partial charge in [0.15, 0.2) is 0 Å². The molecule has 0 fully saturated rings. The lowest BCUT2D eigenvalue weighted by Crippen LogP contribution is -2.19. The van der Waals surface area contributed by atoms with Crippen LogP contribution in [0.25, 0.3) is 0 Å². The molecule has 0 aliphatic carbocycles. The predicted molar refractivity (Wildman–Crippen MR) is 255 cm³/mol. The van der Waals surface area contributed by atoms with Gasteiger partial charge in [-0.05, 0) is 125 Å². The average molecular weight is 785 g/mol. The number of benzene rings is 4. The third kappa shape index (κ3) is 13.1. The van der Waals surface area contributed by atoms with Crippen LogP contribution in [0.15, 0.2) is 84.9 Å². The highest BCUT2D eigenvalue weighted by Gasteiger charge is 2.33. The van der Waals surface area contributed by atoms with Gasteiger partial charge in [0.2, 0.25) is 0 Å². The molecule has 6 atom stereocenters. The predicted octanol–water partition coefficient (Wildman–Crippen LogP) is 17.7. The number of aromatic hydroxyl groups is 1. The van der Waals surface area contributed by atoms with E-state index in [9.17, 15) is 5.11 Å². The summed E-state index contributed by atoms with van der Waals surface area (Å²) in [5, 5.41) is 12.2. The molecule has 0 spiro atoms. The van der Waals surface area contributed by atoms with Crippen LogP contribution in [-0.4, -0.2) is 5.11 Å². The molecule has 0 aromatic heterocycles. The van der Waals surface area contributed by atoms with Crippen molar-refractivity contribution in [3.8, 4) is 5.75 Å². The Hall–Kier alpha value is -3.32. The number of hydrogen-bond acceptors (Lipinski definition) is 1. The fraction of sp³-hybridized carbons (Fsp3) is 0.579. The molecule has 4 aromatic rings. The average Bonchev–Trinajstić information content (AvgIpc) is 3.25. The number of rotatable bonds is 27. The van der Waals surface area contributed by atoms with E-state index in [0.717, 1.165) is 19.3 Å². The Labute approximate surface area is 357 Å². The van der Waals surface area contributed by atoms with Crippen LogP contribution in [0.3, 0.4) is 0 Å². The van der Waals surface area contributed by atoms with Crippen molar-refractivity contribution in [2.45, 2.75) is 213 Å². The van der Waals surface area contributed by atoms with Crippen LogP contribution < -0.4 is 0 Å². The van der Waals surface area contributed by atoms with Gasteiger partial charge in [0, 0.05) is 5.56 Å². The topological polar surface area (TPSA) is 20.2 Å². The van der Waals surface area contributed by atoms with Crippen LogP contribution >= 0.6 is 0 Å². The quantitative estimate of drug-likeness (QED) is 0.0597. The van der Waals surface area contributed by atoms with Crippen molar-refractivity contribution in [2.75, 3.05) is 0 Å². The first kappa shape index (κ1) is 47.4. The third-order valence-electron chi connectivity index (χ3n) is 14.2. The van der Waals surface area contributed by atoms with Crippen LogP contribution in [0.4, 0.5) is 0 Å². The monoisotopic (exact) mass is 785 g/mol. The fourth-order valence-corrected chi connectivity index (χ4v) is 9.98. The van der Waals surface area contributed by atoms with Crippen LogP contribution in [0.1, 0.15) is 244 Å². The maximum atomic E-state index is 12.2. The largest absolute Gasteiger partial charge is 0.508 e. The van der Waals surface area contributed by atoms with Gasteiger partial charge in [-0.15, -0.1) is 0 Å². The molecule has 0 saturated heterocycles. The summed E-state index contributed by atoms with van der Waals surface area (Å²) in [6.07, 6.45) is 22.9. The Bertz CT molecular complexity index is 1750. The van der Waals surface area contributed by atoms with Crippen molar-refractivity contribution in [1.29, 1.82) is 0 Å². The highest BCUT2D eigenvalue weighted by Crippen LogP contribution is 2.49. The SMILES string of the molecule is CCCCCCCc1ccccc1C(C)C(C)c1ccc(O)c(C(C)C(C)c2ccccc2CCCCCCC)c1C(C)C(C)c1ccccc1CCCCCCC. The van der Waals surface area contributed by atoms with E-state index >= 15 is 0 Å². The molecule has 4 aromatic carbocycles. The van der Waals surface area contributed by atoms with E-state index < -0.39 is 0 Å². The van der Waals surface area contributed by atoms with E-state index in [4.69, 9.17) is 0 Å². The Morgan fingerprint density at radius 2 is 0.638 bits per heavy atom. The molecule has 0 radical (unpaired) electrons. The number of phenols is 1. The summed E-state index contributed by atoms with van der Waals surface area (Å²) in [4.78, 5) is 0. The number of hydrogen-bond donors (Lipinski definition) is 1. The van der Waals surface area contributed by atoms with Gasteiger partial charge in [-0.2, -0.15) is 0 Å². The normalized spacial score (nSPS) is 14.8. The van der Waals surface area contributed by atoms with E-state index in [1.807, 2.05) is 6.07 Å². The van der Waals surface area contributed by atoms with Crippen molar-refractivity contribution in [3.63, 3.8) is 0 Å². The van der Waals surface area contributed by atoms with Crippen molar-refractivity contribution in [2.24, 2.45) is 0 Å². The zero-order valence-corrected chi connectivity index (χ0v) is 38.7. The van der Waals surface area contributed by atoms with Gasteiger partial charge >= 0.3 is 0 Å². The summed E-state index contributed by atoms with van der Waals surface area (Å²) in [5.74, 6) is 2.06. The molecule has 0 heterocycles. The minimum absolute atomic E-state index is 0.151. The Kier molecular flexibility index (Phi) is 20.7. The molecule has 4 rings (SSSR count). The summed E-state index contributed by atoms with van der Waals surface area (Å²) < 4.78 is 0. The second-order valence-corrected chi connectivity index (χ2v) is 18.3. The minimum Gasteiger partial charge on any atom is -0.508 e. The molecule has 1 nitrogen and oxygen atoms in total. The van der Waals surface area contributed by atoms with E-state index in [1.54, 1.807) is 0 Å². The molecule has 0 aliphatic heterocycles. The molecule has 58 heavy (non-hydrogen) atoms. The van der Waals surface area contributed by atoms with Gasteiger partial charge < -0.3 is 5.11 Å². The van der Waals surface area contributed by atoms with Crippen molar-refractivity contribution in [1.82, 2.24) is 0 Å². The number of unbranched alkanes of at least 4 members (excludes halogenated alkanes) is 12. The highest BCUT2D eigenvalue weighted by molar-refractivity contribution is 5.53. The van der Waals surface area contributed by atoms with Gasteiger partial charge in [-0.3, -0.25) is 0 Å². The number of phenolic OH excluding ortho intramolecular Hbond substituents is 1. The molecule has 6 unspecified atom stereocenters. The smallest absolute Gasteiger partial charge is 0.119 e. The van der Waals surface area contributed by atoms with Gasteiger partial charge in [0.05, 0.1) is 0 Å². The van der Waals surface area contributed by atoms with E-state index in [-0.39, 0.29) is 23.7 Å². The van der Waals surface area contributed by atoms with Crippen molar-refractivity contribution < 1.29 is 5.11 Å². The Morgan fingerprint density at radius 1 is 0.328 bits per heavy atom. The first-order valence-electron chi connectivity index (χ1n) is 24.2. The summed E-state index contributed by atoms with van der Waals surface area (Å²) in [5.41, 5.74) is 12.9. The fourth-order valence-electron chi connectivity index (χ4n) is 9.98. The lowest BCUT2D eigenvalue weighted by atomic mass is 9.70. The van der Waals surface area contributed by atoms with Gasteiger partial charge in [-0.25, -0.2) is 0 Å². The summed E-state index contributed by atoms with van der Waals surface area (Å²) in [7, 11) is 0. The molecule has 0 saturated carbocycles. The highest BCUT2D eigenvalue weighted by atomic mass is 16.3. The van der Waals surface area contributed by atoms with Crippen LogP contribution in [0.5, 0.6) is 5.75 Å². The maximum Gasteiger partial charge on any atom is 0.119 e. The molecule has 318 valence electrons. The van der Waals surface area contributed by atoms with Crippen LogP contribution in [0.2, 0.25) is 0 Å². The Morgan fingerprint density at radius 3 is 1.02 bits per heavy atom. The molecule has 1 N–H and O–H groups in total. The third-order valence-corrected chi connectivity index (χ3v) is 14.2. The Balaban J connectivity index is 1.78. The molecule has 1 heteroatoms. The standard InChI is InChI=1S/C57H84O/c1-10-13-16-19-22-31-48-34-25-28-37-51(48)42(4)43(5)54-40-41-55(58)57(47(9)45(7)53-39-30-27-36-50(53)33-24-21-18-15-12-3)56(54)46(8)44(6)52-38-29-26-35-49(52)32-23-20-17-14-11-2/h25-30,34-47,58H,10-24,31-33H2,1-9H3. The summed E-state index contributed by atoms with van der Waals surface area (Å²) in [6.45, 7) is 21.6. The number of aryl methyl sites for hydroxylation is 3. The maximum absolute atomic E-state index is 12.2. The lowest BCUT2D eigenvalue weighted by Gasteiger charge is -2.35. The second kappa shape index (κ2) is 25.3. The molecule has 0 aliphatic rings. The lowest BCUT2D eigenvalue weighted by molar-refractivity contribution is 0.448. The summed E-state index contributed by atoms with van der Waals surface area (Å²) >= 11 is 0. The van der Waals surface area contributed by atoms with E-state index in [1.165, 1.54) is 146 Å². The van der Waals surface area contributed by atoms with Crippen molar-refractivity contribution in [3.05, 3.63) is 135 Å². The van der Waals surface area contributed by atoms with E-state index in [2.05, 4.69) is 141 Å². The first-order valence-corrected chi connectivity index (χ1v) is 24.2. The zero-order valence-electron chi connectivity index (χ0n) is 38.7. The zero-order chi connectivity index (χ0) is 41.9. The molecular formula is C57H84O. The first-order chi connectivity index (χ1) is 28.2. The van der Waals surface area contributed by atoms with Gasteiger partial charge in [-0.1, -0.05) is 218 Å². The minimum atomic E-state index is 0.151. The van der Waals surface area contributed by atoms with Crippen LogP contribution in [0, 0.1) is 0 Å². The molecular weight excluding hydrogens is 701 g/mol. The summed E-state index contributed by atoms with van der Waals surface area (Å²) in [6, 6.07) is 32.1. The van der Waals surface area contributed by atoms with Crippen LogP contribution in [-0.2, 0) is 19.3 Å². The second-order valence-electron chi connectivity index (χ2n) is 18.3. The van der Waals surface area contributed by atoms with Crippen molar-refractivity contribution >= 4 is 0 Å². The molecule has 0 bridgehead atoms.